The van der Waals surface area contributed by atoms with Crippen LogP contribution in [0.5, 0.6) is 0 Å². The van der Waals surface area contributed by atoms with Crippen LogP contribution in [-0.4, -0.2) is 60.8 Å². The fourth-order valence-electron chi connectivity index (χ4n) is 5.69. The maximum absolute atomic E-state index is 12.6. The Morgan fingerprint density at radius 2 is 0.981 bits per heavy atom. The van der Waals surface area contributed by atoms with E-state index in [1.807, 2.05) is 0 Å². The van der Waals surface area contributed by atoms with Crippen molar-refractivity contribution in [2.75, 3.05) is 26.4 Å². The summed E-state index contributed by atoms with van der Waals surface area (Å²) < 4.78 is 32.3. The molecule has 0 aliphatic heterocycles. The molecule has 0 rings (SSSR count). The second-order valence-electron chi connectivity index (χ2n) is 14.0. The normalized spacial score (nSPS) is 13.8. The Morgan fingerprint density at radius 3 is 1.42 bits per heavy atom. The van der Waals surface area contributed by atoms with Crippen molar-refractivity contribution in [1.29, 1.82) is 0 Å². The van der Waals surface area contributed by atoms with E-state index in [0.717, 1.165) is 57.8 Å². The monoisotopic (exact) mass is 766 g/mol. The SMILES string of the molecule is CCCCCCCC/C=C\CCCCCCCC(=O)OC(COC(=O)CCCCCCCCCCCCCCC)COP(=O)([O-])OCC(O)CO.[NH4+]. The number of hydrogen-bond donors (Lipinski definition) is 3. The Kier molecular flexibility index (Phi) is 40.0. The number of unbranched alkanes of at least 4 members (excludes halogenated alkanes) is 23. The largest absolute Gasteiger partial charge is 0.756 e. The van der Waals surface area contributed by atoms with Crippen molar-refractivity contribution < 1.29 is 47.8 Å². The molecule has 0 radical (unpaired) electrons. The van der Waals surface area contributed by atoms with Crippen LogP contribution in [0, 0.1) is 0 Å². The molecule has 52 heavy (non-hydrogen) atoms. The lowest BCUT2D eigenvalue weighted by atomic mass is 10.0. The van der Waals surface area contributed by atoms with Crippen molar-refractivity contribution in [1.82, 2.24) is 6.15 Å². The number of allylic oxidation sites excluding steroid dienone is 2. The molecule has 0 heterocycles. The third kappa shape index (κ3) is 38.4. The summed E-state index contributed by atoms with van der Waals surface area (Å²) in [6.45, 7) is 2.19. The molecular formula is C40H80NO10P. The van der Waals surface area contributed by atoms with Gasteiger partial charge in [0.05, 0.1) is 19.8 Å². The highest BCUT2D eigenvalue weighted by atomic mass is 31.2. The van der Waals surface area contributed by atoms with E-state index in [-0.39, 0.29) is 25.6 Å². The molecule has 0 amide bonds. The van der Waals surface area contributed by atoms with Crippen molar-refractivity contribution in [2.24, 2.45) is 0 Å². The first kappa shape index (κ1) is 52.8. The van der Waals surface area contributed by atoms with Crippen LogP contribution in [0.25, 0.3) is 0 Å². The van der Waals surface area contributed by atoms with Crippen LogP contribution in [0.3, 0.4) is 0 Å². The molecule has 0 aliphatic rings. The predicted molar refractivity (Wildman–Crippen MR) is 209 cm³/mol. The highest BCUT2D eigenvalue weighted by Gasteiger charge is 2.21. The fourth-order valence-corrected chi connectivity index (χ4v) is 6.47. The number of carbonyl (C=O) groups is 2. The molecule has 12 heteroatoms. The first-order valence-corrected chi connectivity index (χ1v) is 22.1. The van der Waals surface area contributed by atoms with Gasteiger partial charge in [-0.1, -0.05) is 154 Å². The molecular weight excluding hydrogens is 685 g/mol. The van der Waals surface area contributed by atoms with Crippen molar-refractivity contribution in [3.63, 3.8) is 0 Å². The van der Waals surface area contributed by atoms with E-state index in [4.69, 9.17) is 19.1 Å². The number of rotatable bonds is 39. The standard InChI is InChI=1S/C40H77O10P.H3N/c1-3-5-7-9-11-13-15-17-18-20-22-24-26-28-30-32-40(44)50-38(36-49-51(45,46)48-34-37(42)33-41)35-47-39(43)31-29-27-25-23-21-19-16-14-12-10-8-6-4-2;/h17-18,37-38,41-42H,3-16,19-36H2,1-2H3,(H,45,46);1H3/b18-17-;. The van der Waals surface area contributed by atoms with Gasteiger partial charge in [-0.2, -0.15) is 0 Å². The van der Waals surface area contributed by atoms with Gasteiger partial charge < -0.3 is 39.8 Å². The number of phosphoric ester groups is 1. The zero-order valence-electron chi connectivity index (χ0n) is 33.5. The topological polar surface area (TPSA) is 188 Å². The maximum atomic E-state index is 12.6. The summed E-state index contributed by atoms with van der Waals surface area (Å²) >= 11 is 0. The van der Waals surface area contributed by atoms with Gasteiger partial charge >= 0.3 is 11.9 Å². The minimum atomic E-state index is -4.86. The number of esters is 2. The average molecular weight is 766 g/mol. The summed E-state index contributed by atoms with van der Waals surface area (Å²) in [5.74, 6) is -0.963. The number of hydrogen-bond acceptors (Lipinski definition) is 10. The second kappa shape index (κ2) is 39.4. The highest BCUT2D eigenvalue weighted by molar-refractivity contribution is 7.45. The van der Waals surface area contributed by atoms with Gasteiger partial charge in [-0.25, -0.2) is 0 Å². The van der Waals surface area contributed by atoms with E-state index >= 15 is 0 Å². The van der Waals surface area contributed by atoms with E-state index in [1.165, 1.54) is 96.3 Å². The quantitative estimate of drug-likeness (QED) is 0.0235. The number of aliphatic hydroxyl groups is 2. The molecule has 0 spiro atoms. The van der Waals surface area contributed by atoms with Crippen molar-refractivity contribution >= 4 is 19.8 Å². The number of carbonyl (C=O) groups excluding carboxylic acids is 2. The van der Waals surface area contributed by atoms with Crippen LogP contribution in [0.2, 0.25) is 0 Å². The molecule has 0 fully saturated rings. The van der Waals surface area contributed by atoms with Crippen LogP contribution in [-0.2, 0) is 32.7 Å². The van der Waals surface area contributed by atoms with E-state index in [0.29, 0.717) is 12.8 Å². The van der Waals surface area contributed by atoms with Gasteiger partial charge in [0.1, 0.15) is 12.7 Å². The van der Waals surface area contributed by atoms with Crippen LogP contribution in [0.15, 0.2) is 12.2 Å². The first-order valence-electron chi connectivity index (χ1n) is 20.6. The number of phosphoric acid groups is 1. The Hall–Kier alpha value is -1.33. The first-order chi connectivity index (χ1) is 24.7. The zero-order chi connectivity index (χ0) is 37.7. The van der Waals surface area contributed by atoms with Gasteiger partial charge in [0, 0.05) is 12.8 Å². The predicted octanol–water partition coefficient (Wildman–Crippen LogP) is 10.2. The lowest BCUT2D eigenvalue weighted by Gasteiger charge is -2.26. The molecule has 3 unspecified atom stereocenters. The van der Waals surface area contributed by atoms with Gasteiger partial charge in [-0.15, -0.1) is 0 Å². The lowest BCUT2D eigenvalue weighted by molar-refractivity contribution is -0.230. The van der Waals surface area contributed by atoms with E-state index in [1.54, 1.807) is 0 Å². The summed E-state index contributed by atoms with van der Waals surface area (Å²) in [6.07, 6.45) is 32.9. The van der Waals surface area contributed by atoms with Crippen LogP contribution in [0.1, 0.15) is 194 Å². The minimum Gasteiger partial charge on any atom is -0.756 e. The fraction of sp³-hybridized carbons (Fsp3) is 0.900. The molecule has 0 saturated heterocycles. The van der Waals surface area contributed by atoms with Crippen molar-refractivity contribution in [3.8, 4) is 0 Å². The minimum absolute atomic E-state index is 0. The van der Waals surface area contributed by atoms with Gasteiger partial charge in [0.2, 0.25) is 0 Å². The Bertz CT molecular complexity index is 875. The van der Waals surface area contributed by atoms with E-state index < -0.39 is 51.8 Å². The lowest BCUT2D eigenvalue weighted by Crippen LogP contribution is -2.30. The molecule has 0 bridgehead atoms. The zero-order valence-corrected chi connectivity index (χ0v) is 34.4. The Balaban J connectivity index is 0. The van der Waals surface area contributed by atoms with Crippen LogP contribution >= 0.6 is 7.82 Å². The molecule has 11 nitrogen and oxygen atoms in total. The smallest absolute Gasteiger partial charge is 0.306 e. The van der Waals surface area contributed by atoms with E-state index in [9.17, 15) is 24.2 Å². The summed E-state index contributed by atoms with van der Waals surface area (Å²) in [7, 11) is -4.86. The molecule has 0 aromatic carbocycles. The molecule has 0 aliphatic carbocycles. The molecule has 0 aromatic rings. The van der Waals surface area contributed by atoms with Gasteiger partial charge in [-0.3, -0.25) is 14.2 Å². The summed E-state index contributed by atoms with van der Waals surface area (Å²) in [5.41, 5.74) is 0. The maximum Gasteiger partial charge on any atom is 0.306 e. The Labute approximate surface area is 317 Å². The number of ether oxygens (including phenoxy) is 2. The van der Waals surface area contributed by atoms with Gasteiger partial charge in [-0.05, 0) is 38.5 Å². The number of aliphatic hydroxyl groups excluding tert-OH is 2. The highest BCUT2D eigenvalue weighted by Crippen LogP contribution is 2.38. The molecule has 6 N–H and O–H groups in total. The third-order valence-electron chi connectivity index (χ3n) is 8.91. The second-order valence-corrected chi connectivity index (χ2v) is 15.4. The third-order valence-corrected chi connectivity index (χ3v) is 9.84. The van der Waals surface area contributed by atoms with E-state index in [2.05, 4.69) is 30.5 Å². The summed E-state index contributed by atoms with van der Waals surface area (Å²) in [4.78, 5) is 37.0. The van der Waals surface area contributed by atoms with Crippen molar-refractivity contribution in [3.05, 3.63) is 12.2 Å². The van der Waals surface area contributed by atoms with Gasteiger partial charge in [0.15, 0.2) is 6.10 Å². The molecule has 3 atom stereocenters. The summed E-state index contributed by atoms with van der Waals surface area (Å²) in [5, 5.41) is 18.2. The van der Waals surface area contributed by atoms with Crippen LogP contribution in [0.4, 0.5) is 0 Å². The number of quaternary nitrogens is 1. The summed E-state index contributed by atoms with van der Waals surface area (Å²) in [6, 6.07) is 0. The molecule has 310 valence electrons. The molecule has 0 aromatic heterocycles. The van der Waals surface area contributed by atoms with Gasteiger partial charge in [0.25, 0.3) is 7.82 Å². The van der Waals surface area contributed by atoms with Crippen molar-refractivity contribution in [2.45, 2.75) is 206 Å². The van der Waals surface area contributed by atoms with Crippen LogP contribution < -0.4 is 11.0 Å². The Morgan fingerprint density at radius 1 is 0.596 bits per heavy atom. The molecule has 0 saturated carbocycles. The average Bonchev–Trinajstić information content (AvgIpc) is 3.12.